The number of halogens is 1. The zero-order valence-electron chi connectivity index (χ0n) is 10.1. The van der Waals surface area contributed by atoms with Crippen LogP contribution >= 0.6 is 11.6 Å². The first kappa shape index (κ1) is 12.9. The van der Waals surface area contributed by atoms with Crippen LogP contribution in [0.25, 0.3) is 0 Å². The topological polar surface area (TPSA) is 29.5 Å². The van der Waals surface area contributed by atoms with E-state index in [1.54, 1.807) is 18.2 Å². The molecule has 2 aromatic carbocycles. The van der Waals surface area contributed by atoms with Crippen molar-refractivity contribution in [2.45, 2.75) is 13.0 Å². The Morgan fingerprint density at radius 3 is 2.56 bits per heavy atom. The fraction of sp³-hybridized carbons (Fsp3) is 0.200. The molecular weight excluding hydrogens is 248 g/mol. The largest absolute Gasteiger partial charge is 0.493 e. The average molecular weight is 263 g/mol. The zero-order chi connectivity index (χ0) is 13.0. The lowest BCUT2D eigenvalue weighted by Gasteiger charge is -2.16. The quantitative estimate of drug-likeness (QED) is 0.908. The van der Waals surface area contributed by atoms with Gasteiger partial charge in [0.2, 0.25) is 0 Å². The highest BCUT2D eigenvalue weighted by Crippen LogP contribution is 2.32. The molecule has 0 fully saturated rings. The van der Waals surface area contributed by atoms with Gasteiger partial charge in [-0.2, -0.15) is 0 Å². The van der Waals surface area contributed by atoms with Crippen LogP contribution < -0.4 is 4.74 Å². The van der Waals surface area contributed by atoms with E-state index in [0.717, 1.165) is 11.1 Å². The van der Waals surface area contributed by atoms with E-state index in [0.29, 0.717) is 17.4 Å². The number of rotatable bonds is 4. The summed E-state index contributed by atoms with van der Waals surface area (Å²) in [5.74, 6) is 0.626. The van der Waals surface area contributed by atoms with E-state index in [4.69, 9.17) is 16.3 Å². The van der Waals surface area contributed by atoms with Gasteiger partial charge in [0.05, 0.1) is 6.61 Å². The van der Waals surface area contributed by atoms with E-state index < -0.39 is 6.10 Å². The number of hydrogen-bond acceptors (Lipinski definition) is 2. The summed E-state index contributed by atoms with van der Waals surface area (Å²) in [5.41, 5.74) is 1.56. The van der Waals surface area contributed by atoms with Crippen LogP contribution in [0.4, 0.5) is 0 Å². The van der Waals surface area contributed by atoms with E-state index in [1.807, 2.05) is 37.3 Å². The van der Waals surface area contributed by atoms with Crippen LogP contribution in [-0.4, -0.2) is 11.7 Å². The summed E-state index contributed by atoms with van der Waals surface area (Å²) < 4.78 is 5.52. The second kappa shape index (κ2) is 5.89. The molecule has 3 heteroatoms. The maximum absolute atomic E-state index is 10.4. The normalized spacial score (nSPS) is 12.2. The van der Waals surface area contributed by atoms with E-state index >= 15 is 0 Å². The van der Waals surface area contributed by atoms with Crippen molar-refractivity contribution < 1.29 is 9.84 Å². The average Bonchev–Trinajstić information content (AvgIpc) is 2.40. The van der Waals surface area contributed by atoms with E-state index in [1.165, 1.54) is 0 Å². The molecule has 0 aliphatic carbocycles. The molecule has 0 bridgehead atoms. The molecular formula is C15H15ClO2. The number of aliphatic hydroxyl groups is 1. The van der Waals surface area contributed by atoms with Crippen LogP contribution in [-0.2, 0) is 0 Å². The van der Waals surface area contributed by atoms with Crippen molar-refractivity contribution >= 4 is 11.6 Å². The number of benzene rings is 2. The van der Waals surface area contributed by atoms with Gasteiger partial charge in [0.15, 0.2) is 0 Å². The Morgan fingerprint density at radius 2 is 1.89 bits per heavy atom. The number of hydrogen-bond donors (Lipinski definition) is 1. The highest BCUT2D eigenvalue weighted by atomic mass is 35.5. The third-order valence-corrected chi connectivity index (χ3v) is 2.92. The van der Waals surface area contributed by atoms with Gasteiger partial charge >= 0.3 is 0 Å². The Bertz CT molecular complexity index is 511. The summed E-state index contributed by atoms with van der Waals surface area (Å²) in [6.07, 6.45) is -0.704. The van der Waals surface area contributed by atoms with Crippen LogP contribution in [0.2, 0.25) is 5.02 Å². The Morgan fingerprint density at radius 1 is 1.17 bits per heavy atom. The minimum absolute atomic E-state index is 0.537. The molecule has 0 heterocycles. The van der Waals surface area contributed by atoms with E-state index in [-0.39, 0.29) is 0 Å². The Kier molecular flexibility index (Phi) is 4.24. The molecule has 2 aromatic rings. The van der Waals surface area contributed by atoms with Gasteiger partial charge in [-0.05, 0) is 24.6 Å². The molecule has 0 spiro atoms. The summed E-state index contributed by atoms with van der Waals surface area (Å²) in [6.45, 7) is 2.44. The van der Waals surface area contributed by atoms with Gasteiger partial charge in [0.1, 0.15) is 11.9 Å². The van der Waals surface area contributed by atoms with Crippen molar-refractivity contribution in [2.75, 3.05) is 6.61 Å². The molecule has 0 amide bonds. The first-order valence-electron chi connectivity index (χ1n) is 5.87. The lowest BCUT2D eigenvalue weighted by atomic mass is 10.0. The van der Waals surface area contributed by atoms with Gasteiger partial charge in [-0.25, -0.2) is 0 Å². The minimum Gasteiger partial charge on any atom is -0.493 e. The molecule has 1 N–H and O–H groups in total. The molecule has 0 saturated carbocycles. The van der Waals surface area contributed by atoms with Gasteiger partial charge in [-0.3, -0.25) is 0 Å². The van der Waals surface area contributed by atoms with Gasteiger partial charge in [0, 0.05) is 10.6 Å². The fourth-order valence-electron chi connectivity index (χ4n) is 1.83. The van der Waals surface area contributed by atoms with Crippen LogP contribution in [0.1, 0.15) is 24.2 Å². The monoisotopic (exact) mass is 262 g/mol. The summed E-state index contributed by atoms with van der Waals surface area (Å²) >= 11 is 5.94. The maximum atomic E-state index is 10.4. The molecule has 0 aliphatic heterocycles. The van der Waals surface area contributed by atoms with Crippen molar-refractivity contribution in [1.29, 1.82) is 0 Å². The summed E-state index contributed by atoms with van der Waals surface area (Å²) in [4.78, 5) is 0. The van der Waals surface area contributed by atoms with Crippen molar-refractivity contribution in [3.8, 4) is 5.75 Å². The molecule has 2 nitrogen and oxygen atoms in total. The lowest BCUT2D eigenvalue weighted by Crippen LogP contribution is -2.03. The minimum atomic E-state index is -0.704. The molecule has 94 valence electrons. The van der Waals surface area contributed by atoms with E-state index in [2.05, 4.69) is 0 Å². The fourth-order valence-corrected chi connectivity index (χ4v) is 1.99. The predicted molar refractivity (Wildman–Crippen MR) is 73.1 cm³/mol. The third kappa shape index (κ3) is 2.84. The van der Waals surface area contributed by atoms with Gasteiger partial charge < -0.3 is 9.84 Å². The Hall–Kier alpha value is -1.51. The maximum Gasteiger partial charge on any atom is 0.126 e. The van der Waals surface area contributed by atoms with Crippen LogP contribution in [0.15, 0.2) is 48.5 Å². The molecule has 0 radical (unpaired) electrons. The molecule has 2 rings (SSSR count). The standard InChI is InChI=1S/C15H15ClO2/c1-2-18-14-10-12(16)8-9-13(14)15(17)11-6-4-3-5-7-11/h3-10,15,17H,2H2,1H3. The SMILES string of the molecule is CCOc1cc(Cl)ccc1C(O)c1ccccc1. The van der Waals surface area contributed by atoms with Crippen LogP contribution in [0.5, 0.6) is 5.75 Å². The highest BCUT2D eigenvalue weighted by molar-refractivity contribution is 6.30. The highest BCUT2D eigenvalue weighted by Gasteiger charge is 2.15. The molecule has 18 heavy (non-hydrogen) atoms. The van der Waals surface area contributed by atoms with Crippen molar-refractivity contribution in [3.05, 3.63) is 64.7 Å². The predicted octanol–water partition coefficient (Wildman–Crippen LogP) is 3.82. The van der Waals surface area contributed by atoms with Gasteiger partial charge in [0.25, 0.3) is 0 Å². The number of aliphatic hydroxyl groups excluding tert-OH is 1. The molecule has 1 atom stereocenters. The van der Waals surface area contributed by atoms with E-state index in [9.17, 15) is 5.11 Å². The summed E-state index contributed by atoms with van der Waals surface area (Å²) in [7, 11) is 0. The van der Waals surface area contributed by atoms with Crippen molar-refractivity contribution in [3.63, 3.8) is 0 Å². The van der Waals surface area contributed by atoms with Gasteiger partial charge in [-0.1, -0.05) is 48.0 Å². The van der Waals surface area contributed by atoms with Crippen LogP contribution in [0.3, 0.4) is 0 Å². The van der Waals surface area contributed by atoms with Gasteiger partial charge in [-0.15, -0.1) is 0 Å². The Labute approximate surface area is 112 Å². The molecule has 0 saturated heterocycles. The molecule has 0 aromatic heterocycles. The zero-order valence-corrected chi connectivity index (χ0v) is 10.9. The first-order valence-corrected chi connectivity index (χ1v) is 6.25. The molecule has 1 unspecified atom stereocenters. The second-order valence-corrected chi connectivity index (χ2v) is 4.36. The Balaban J connectivity index is 2.38. The number of ether oxygens (including phenoxy) is 1. The summed E-state index contributed by atoms with van der Waals surface area (Å²) in [6, 6.07) is 14.8. The smallest absolute Gasteiger partial charge is 0.126 e. The molecule has 0 aliphatic rings. The van der Waals surface area contributed by atoms with Crippen LogP contribution in [0, 0.1) is 0 Å². The van der Waals surface area contributed by atoms with Crippen molar-refractivity contribution in [2.24, 2.45) is 0 Å². The summed E-state index contributed by atoms with van der Waals surface area (Å²) in [5, 5.41) is 11.0. The first-order chi connectivity index (χ1) is 8.72. The third-order valence-electron chi connectivity index (χ3n) is 2.69. The second-order valence-electron chi connectivity index (χ2n) is 3.93. The van der Waals surface area contributed by atoms with Crippen molar-refractivity contribution in [1.82, 2.24) is 0 Å². The lowest BCUT2D eigenvalue weighted by molar-refractivity contribution is 0.212.